The van der Waals surface area contributed by atoms with Crippen LogP contribution in [0, 0.1) is 0 Å². The summed E-state index contributed by atoms with van der Waals surface area (Å²) in [5, 5.41) is 1.69. The van der Waals surface area contributed by atoms with E-state index in [1.54, 1.807) is 18.2 Å². The molecule has 1 saturated heterocycles. The minimum absolute atomic E-state index is 0.189. The van der Waals surface area contributed by atoms with Gasteiger partial charge in [0.25, 0.3) is 5.56 Å². The molecule has 0 saturated carbocycles. The zero-order valence-electron chi connectivity index (χ0n) is 16.6. The molecular formula is C22H22N4O3S. The van der Waals surface area contributed by atoms with Crippen LogP contribution < -0.4 is 5.56 Å². The monoisotopic (exact) mass is 422 g/mol. The quantitative estimate of drug-likeness (QED) is 0.531. The summed E-state index contributed by atoms with van der Waals surface area (Å²) in [6.07, 6.45) is 0. The zero-order valence-corrected chi connectivity index (χ0v) is 17.4. The van der Waals surface area contributed by atoms with Crippen molar-refractivity contribution in [2.75, 3.05) is 33.2 Å². The fourth-order valence-electron chi connectivity index (χ4n) is 3.94. The standard InChI is InChI=1S/C22H22N4O3S/c1-25-8-10-26(11-9-25)30(28,29)17-6-7-20-16(12-17)14-21(23-20)18-13-15-4-2-3-5-19(15)24-22(18)27/h2-7,12-14,23H,8-11H2,1H3,(H,24,27). The maximum Gasteiger partial charge on any atom is 0.257 e. The molecule has 0 aliphatic carbocycles. The molecule has 0 atom stereocenters. The number of nitrogens with one attached hydrogen (secondary N) is 2. The first kappa shape index (κ1) is 19.0. The van der Waals surface area contributed by atoms with Gasteiger partial charge in [-0.2, -0.15) is 4.31 Å². The van der Waals surface area contributed by atoms with Crippen molar-refractivity contribution in [2.45, 2.75) is 4.90 Å². The minimum atomic E-state index is -3.54. The number of aromatic nitrogens is 2. The molecule has 0 unspecified atom stereocenters. The molecule has 2 N–H and O–H groups in total. The molecule has 7 nitrogen and oxygen atoms in total. The molecule has 3 heterocycles. The molecule has 5 rings (SSSR count). The number of piperazine rings is 1. The van der Waals surface area contributed by atoms with Crippen LogP contribution in [0.15, 0.2) is 64.3 Å². The molecular weight excluding hydrogens is 400 g/mol. The third-order valence-electron chi connectivity index (χ3n) is 5.74. The molecule has 2 aromatic carbocycles. The smallest absolute Gasteiger partial charge is 0.257 e. The lowest BCUT2D eigenvalue weighted by atomic mass is 10.1. The van der Waals surface area contributed by atoms with Gasteiger partial charge in [0.15, 0.2) is 0 Å². The molecule has 1 aliphatic heterocycles. The lowest BCUT2D eigenvalue weighted by Gasteiger charge is -2.31. The van der Waals surface area contributed by atoms with Crippen molar-refractivity contribution < 1.29 is 8.42 Å². The second-order valence-electron chi connectivity index (χ2n) is 7.74. The number of rotatable bonds is 3. The van der Waals surface area contributed by atoms with E-state index in [1.807, 2.05) is 43.4 Å². The molecule has 1 aliphatic rings. The average molecular weight is 423 g/mol. The van der Waals surface area contributed by atoms with E-state index < -0.39 is 10.0 Å². The summed E-state index contributed by atoms with van der Waals surface area (Å²) in [4.78, 5) is 21.1. The van der Waals surface area contributed by atoms with Crippen LogP contribution in [0.4, 0.5) is 0 Å². The van der Waals surface area contributed by atoms with E-state index in [0.717, 1.165) is 34.9 Å². The highest BCUT2D eigenvalue weighted by Gasteiger charge is 2.27. The summed E-state index contributed by atoms with van der Waals surface area (Å²) in [6, 6.07) is 16.3. The maximum atomic E-state index is 13.1. The van der Waals surface area contributed by atoms with Crippen LogP contribution in [0.2, 0.25) is 0 Å². The summed E-state index contributed by atoms with van der Waals surface area (Å²) < 4.78 is 27.7. The number of hydrogen-bond acceptors (Lipinski definition) is 4. The van der Waals surface area contributed by atoms with Gasteiger partial charge in [0.05, 0.1) is 16.2 Å². The van der Waals surface area contributed by atoms with E-state index in [9.17, 15) is 13.2 Å². The normalized spacial score (nSPS) is 16.4. The van der Waals surface area contributed by atoms with Crippen molar-refractivity contribution in [3.8, 4) is 11.3 Å². The number of H-pyrrole nitrogens is 2. The van der Waals surface area contributed by atoms with Crippen LogP contribution >= 0.6 is 0 Å². The number of hydrogen-bond donors (Lipinski definition) is 2. The number of nitrogens with zero attached hydrogens (tertiary/aromatic N) is 2. The van der Waals surface area contributed by atoms with Gasteiger partial charge in [-0.05, 0) is 48.8 Å². The van der Waals surface area contributed by atoms with Gasteiger partial charge in [0.1, 0.15) is 0 Å². The van der Waals surface area contributed by atoms with Gasteiger partial charge in [-0.3, -0.25) is 4.79 Å². The van der Waals surface area contributed by atoms with Gasteiger partial charge >= 0.3 is 0 Å². The Morgan fingerprint density at radius 1 is 0.833 bits per heavy atom. The largest absolute Gasteiger partial charge is 0.354 e. The van der Waals surface area contributed by atoms with Crippen molar-refractivity contribution in [3.05, 3.63) is 65.0 Å². The van der Waals surface area contributed by atoms with Crippen molar-refractivity contribution in [3.63, 3.8) is 0 Å². The highest BCUT2D eigenvalue weighted by molar-refractivity contribution is 7.89. The van der Waals surface area contributed by atoms with Crippen molar-refractivity contribution >= 4 is 31.8 Å². The van der Waals surface area contributed by atoms with Crippen LogP contribution in [0.1, 0.15) is 0 Å². The average Bonchev–Trinajstić information content (AvgIpc) is 3.16. The number of sulfonamides is 1. The molecule has 8 heteroatoms. The molecule has 2 aromatic heterocycles. The third kappa shape index (κ3) is 3.23. The predicted molar refractivity (Wildman–Crippen MR) is 118 cm³/mol. The first-order valence-electron chi connectivity index (χ1n) is 9.86. The van der Waals surface area contributed by atoms with Gasteiger partial charge < -0.3 is 14.9 Å². The molecule has 0 bridgehead atoms. The van der Waals surface area contributed by atoms with Gasteiger partial charge in [0, 0.05) is 42.6 Å². The molecule has 1 fully saturated rings. The van der Waals surface area contributed by atoms with Crippen LogP contribution in [-0.2, 0) is 10.0 Å². The second-order valence-corrected chi connectivity index (χ2v) is 9.68. The van der Waals surface area contributed by atoms with Crippen molar-refractivity contribution in [1.82, 2.24) is 19.2 Å². The molecule has 154 valence electrons. The molecule has 0 spiro atoms. The van der Waals surface area contributed by atoms with Crippen LogP contribution in [0.3, 0.4) is 0 Å². The Balaban J connectivity index is 1.55. The molecule has 0 radical (unpaired) electrons. The van der Waals surface area contributed by atoms with Gasteiger partial charge in [-0.15, -0.1) is 0 Å². The lowest BCUT2D eigenvalue weighted by molar-refractivity contribution is 0.222. The Labute approximate surface area is 174 Å². The Morgan fingerprint density at radius 3 is 2.37 bits per heavy atom. The number of benzene rings is 2. The topological polar surface area (TPSA) is 89.3 Å². The van der Waals surface area contributed by atoms with E-state index in [2.05, 4.69) is 14.9 Å². The Morgan fingerprint density at radius 2 is 1.57 bits per heavy atom. The van der Waals surface area contributed by atoms with Crippen LogP contribution in [0.5, 0.6) is 0 Å². The Hall–Kier alpha value is -2.94. The van der Waals surface area contributed by atoms with Crippen LogP contribution in [-0.4, -0.2) is 60.8 Å². The lowest BCUT2D eigenvalue weighted by Crippen LogP contribution is -2.46. The summed E-state index contributed by atoms with van der Waals surface area (Å²) in [5.74, 6) is 0. The van der Waals surface area contributed by atoms with Crippen molar-refractivity contribution in [2.24, 2.45) is 0 Å². The summed E-state index contributed by atoms with van der Waals surface area (Å²) in [7, 11) is -1.55. The highest BCUT2D eigenvalue weighted by atomic mass is 32.2. The summed E-state index contributed by atoms with van der Waals surface area (Å²) in [6.45, 7) is 2.42. The minimum Gasteiger partial charge on any atom is -0.354 e. The molecule has 4 aromatic rings. The summed E-state index contributed by atoms with van der Waals surface area (Å²) in [5.41, 5.74) is 2.56. The van der Waals surface area contributed by atoms with Crippen molar-refractivity contribution in [1.29, 1.82) is 0 Å². The number of pyridine rings is 1. The highest BCUT2D eigenvalue weighted by Crippen LogP contribution is 2.27. The van der Waals surface area contributed by atoms with E-state index >= 15 is 0 Å². The maximum absolute atomic E-state index is 13.1. The van der Waals surface area contributed by atoms with E-state index in [0.29, 0.717) is 24.3 Å². The van der Waals surface area contributed by atoms with E-state index in [-0.39, 0.29) is 10.5 Å². The number of fused-ring (bicyclic) bond motifs is 2. The number of likely N-dealkylation sites (N-methyl/N-ethyl adjacent to an activating group) is 1. The number of aromatic amines is 2. The molecule has 0 amide bonds. The van der Waals surface area contributed by atoms with Gasteiger partial charge in [-0.25, -0.2) is 8.42 Å². The molecule has 30 heavy (non-hydrogen) atoms. The van der Waals surface area contributed by atoms with Gasteiger partial charge in [0.2, 0.25) is 10.0 Å². The third-order valence-corrected chi connectivity index (χ3v) is 7.63. The number of para-hydroxylation sites is 1. The second kappa shape index (κ2) is 7.09. The Bertz CT molecular complexity index is 1410. The first-order valence-corrected chi connectivity index (χ1v) is 11.3. The Kier molecular flexibility index (Phi) is 4.50. The first-order chi connectivity index (χ1) is 14.4. The van der Waals surface area contributed by atoms with Crippen LogP contribution in [0.25, 0.3) is 33.1 Å². The van der Waals surface area contributed by atoms with Gasteiger partial charge in [-0.1, -0.05) is 18.2 Å². The zero-order chi connectivity index (χ0) is 20.9. The van der Waals surface area contributed by atoms with E-state index in [1.165, 1.54) is 4.31 Å². The fraction of sp³-hybridized carbons (Fsp3) is 0.227. The summed E-state index contributed by atoms with van der Waals surface area (Å²) >= 11 is 0. The fourth-order valence-corrected chi connectivity index (χ4v) is 5.40. The SMILES string of the molecule is CN1CCN(S(=O)(=O)c2ccc3[nH]c(-c4cc5ccccc5[nH]c4=O)cc3c2)CC1. The predicted octanol–water partition coefficient (Wildman–Crippen LogP) is 2.61. The van der Waals surface area contributed by atoms with E-state index in [4.69, 9.17) is 0 Å².